The molecule has 23 heavy (non-hydrogen) atoms. The second-order valence-electron chi connectivity index (χ2n) is 4.55. The van der Waals surface area contributed by atoms with Crippen molar-refractivity contribution in [2.24, 2.45) is 0 Å². The van der Waals surface area contributed by atoms with E-state index in [0.29, 0.717) is 0 Å². The Hall–Kier alpha value is -2.55. The lowest BCUT2D eigenvalue weighted by atomic mass is 9.97. The molecule has 0 spiro atoms. The molecule has 9 heteroatoms. The van der Waals surface area contributed by atoms with Gasteiger partial charge in [0.25, 0.3) is 5.69 Å². The van der Waals surface area contributed by atoms with Crippen molar-refractivity contribution in [1.29, 1.82) is 0 Å². The van der Waals surface area contributed by atoms with Gasteiger partial charge < -0.3 is 5.32 Å². The predicted molar refractivity (Wildman–Crippen MR) is 70.2 cm³/mol. The number of hydrogen-bond donors (Lipinski definition) is 1. The van der Waals surface area contributed by atoms with E-state index >= 15 is 0 Å². The third-order valence-corrected chi connectivity index (χ3v) is 3.26. The summed E-state index contributed by atoms with van der Waals surface area (Å²) in [6.07, 6.45) is 0. The van der Waals surface area contributed by atoms with Crippen molar-refractivity contribution in [2.75, 3.05) is 7.05 Å². The number of nitrogens with one attached hydrogen (secondary N) is 1. The summed E-state index contributed by atoms with van der Waals surface area (Å²) < 4.78 is 67.4. The average molecular weight is 332 g/mol. The first-order valence-corrected chi connectivity index (χ1v) is 6.22. The van der Waals surface area contributed by atoms with Crippen molar-refractivity contribution in [3.05, 3.63) is 74.6 Å². The molecular formula is C14H9F5N2O2. The van der Waals surface area contributed by atoms with E-state index in [4.69, 9.17) is 0 Å². The van der Waals surface area contributed by atoms with Crippen LogP contribution in [0.1, 0.15) is 17.2 Å². The number of benzene rings is 2. The van der Waals surface area contributed by atoms with Crippen molar-refractivity contribution in [2.45, 2.75) is 6.04 Å². The molecule has 0 bridgehead atoms. The van der Waals surface area contributed by atoms with Gasteiger partial charge in [-0.25, -0.2) is 22.0 Å². The Balaban J connectivity index is 2.60. The summed E-state index contributed by atoms with van der Waals surface area (Å²) in [6, 6.07) is 3.08. The van der Waals surface area contributed by atoms with E-state index in [-0.39, 0.29) is 11.3 Å². The zero-order valence-electron chi connectivity index (χ0n) is 11.5. The monoisotopic (exact) mass is 332 g/mol. The molecular weight excluding hydrogens is 323 g/mol. The normalized spacial score (nSPS) is 12.3. The van der Waals surface area contributed by atoms with Crippen LogP contribution in [0.3, 0.4) is 0 Å². The Morgan fingerprint density at radius 1 is 0.913 bits per heavy atom. The Labute approximate surface area is 126 Å². The van der Waals surface area contributed by atoms with Crippen molar-refractivity contribution in [3.8, 4) is 0 Å². The van der Waals surface area contributed by atoms with Crippen molar-refractivity contribution < 1.29 is 26.9 Å². The fraction of sp³-hybridized carbons (Fsp3) is 0.143. The molecule has 1 unspecified atom stereocenters. The van der Waals surface area contributed by atoms with Gasteiger partial charge in [0.1, 0.15) is 0 Å². The lowest BCUT2D eigenvalue weighted by molar-refractivity contribution is -0.384. The fourth-order valence-corrected chi connectivity index (χ4v) is 2.14. The van der Waals surface area contributed by atoms with Gasteiger partial charge in [-0.1, -0.05) is 12.1 Å². The summed E-state index contributed by atoms with van der Waals surface area (Å²) in [5.74, 6) is -10.3. The van der Waals surface area contributed by atoms with E-state index in [2.05, 4.69) is 5.32 Å². The Morgan fingerprint density at radius 2 is 1.35 bits per heavy atom. The molecule has 0 amide bonds. The lowest BCUT2D eigenvalue weighted by Gasteiger charge is -2.19. The molecule has 0 aliphatic rings. The van der Waals surface area contributed by atoms with Gasteiger partial charge in [-0.2, -0.15) is 0 Å². The Morgan fingerprint density at radius 3 is 1.74 bits per heavy atom. The van der Waals surface area contributed by atoms with Crippen LogP contribution in [0.25, 0.3) is 0 Å². The predicted octanol–water partition coefficient (Wildman–Crippen LogP) is 3.60. The third-order valence-electron chi connectivity index (χ3n) is 3.26. The highest BCUT2D eigenvalue weighted by molar-refractivity contribution is 5.39. The van der Waals surface area contributed by atoms with Crippen LogP contribution >= 0.6 is 0 Å². The van der Waals surface area contributed by atoms with Crippen LogP contribution < -0.4 is 5.32 Å². The van der Waals surface area contributed by atoms with Gasteiger partial charge in [0.15, 0.2) is 23.3 Å². The number of nitrogens with zero attached hydrogens (tertiary/aromatic N) is 1. The minimum absolute atomic E-state index is 0.0984. The molecule has 0 fully saturated rings. The van der Waals surface area contributed by atoms with E-state index < -0.39 is 45.6 Å². The summed E-state index contributed by atoms with van der Waals surface area (Å²) in [5, 5.41) is 13.0. The first kappa shape index (κ1) is 16.8. The molecule has 0 aliphatic heterocycles. The first-order valence-electron chi connectivity index (χ1n) is 6.22. The van der Waals surface area contributed by atoms with Gasteiger partial charge in [0.2, 0.25) is 5.82 Å². The molecule has 0 radical (unpaired) electrons. The van der Waals surface area contributed by atoms with Crippen LogP contribution in [0.2, 0.25) is 0 Å². The molecule has 1 N–H and O–H groups in total. The molecule has 4 nitrogen and oxygen atoms in total. The van der Waals surface area contributed by atoms with Gasteiger partial charge in [-0.3, -0.25) is 10.1 Å². The van der Waals surface area contributed by atoms with Crippen LogP contribution in [-0.2, 0) is 0 Å². The standard InChI is InChI=1S/C14H9F5N2O2/c1-20-14(6-2-4-7(5-3-6)21(22)23)8-9(15)11(17)13(19)12(18)10(8)16/h2-5,14,20H,1H3. The summed E-state index contributed by atoms with van der Waals surface area (Å²) in [6.45, 7) is 0. The van der Waals surface area contributed by atoms with Crippen LogP contribution in [0.15, 0.2) is 24.3 Å². The summed E-state index contributed by atoms with van der Waals surface area (Å²) in [5.41, 5.74) is -1.24. The fourth-order valence-electron chi connectivity index (χ4n) is 2.14. The molecule has 2 aromatic carbocycles. The molecule has 2 rings (SSSR count). The molecule has 1 atom stereocenters. The van der Waals surface area contributed by atoms with E-state index in [9.17, 15) is 32.1 Å². The van der Waals surface area contributed by atoms with Gasteiger partial charge in [0.05, 0.1) is 16.5 Å². The maximum atomic E-state index is 13.9. The van der Waals surface area contributed by atoms with Crippen LogP contribution in [0, 0.1) is 39.2 Å². The largest absolute Gasteiger partial charge is 0.309 e. The summed E-state index contributed by atoms with van der Waals surface area (Å²) in [4.78, 5) is 9.90. The Bertz CT molecular complexity index is 736. The quantitative estimate of drug-likeness (QED) is 0.306. The summed E-state index contributed by atoms with van der Waals surface area (Å²) >= 11 is 0. The number of nitro groups is 1. The maximum absolute atomic E-state index is 13.9. The average Bonchev–Trinajstić information content (AvgIpc) is 2.55. The highest BCUT2D eigenvalue weighted by Gasteiger charge is 2.30. The SMILES string of the molecule is CNC(c1ccc([N+](=O)[O-])cc1)c1c(F)c(F)c(F)c(F)c1F. The smallest absolute Gasteiger partial charge is 0.269 e. The number of nitro benzene ring substituents is 1. The van der Waals surface area contributed by atoms with Crippen molar-refractivity contribution >= 4 is 5.69 Å². The molecule has 0 heterocycles. The van der Waals surface area contributed by atoms with Crippen molar-refractivity contribution in [3.63, 3.8) is 0 Å². The molecule has 0 aromatic heterocycles. The lowest BCUT2D eigenvalue weighted by Crippen LogP contribution is -2.22. The number of hydrogen-bond acceptors (Lipinski definition) is 3. The number of rotatable bonds is 4. The molecule has 0 saturated carbocycles. The van der Waals surface area contributed by atoms with Gasteiger partial charge in [-0.15, -0.1) is 0 Å². The number of non-ortho nitro benzene ring substituents is 1. The van der Waals surface area contributed by atoms with E-state index in [0.717, 1.165) is 24.3 Å². The maximum Gasteiger partial charge on any atom is 0.269 e. The van der Waals surface area contributed by atoms with Gasteiger partial charge in [-0.05, 0) is 12.6 Å². The van der Waals surface area contributed by atoms with E-state index in [1.54, 1.807) is 0 Å². The Kier molecular flexibility index (Phi) is 4.60. The van der Waals surface area contributed by atoms with Crippen LogP contribution in [0.4, 0.5) is 27.6 Å². The molecule has 0 saturated heterocycles. The van der Waals surface area contributed by atoms with E-state index in [1.165, 1.54) is 7.05 Å². The minimum atomic E-state index is -2.25. The number of halogens is 5. The molecule has 0 aliphatic carbocycles. The van der Waals surface area contributed by atoms with Gasteiger partial charge >= 0.3 is 0 Å². The van der Waals surface area contributed by atoms with Gasteiger partial charge in [0, 0.05) is 12.1 Å². The van der Waals surface area contributed by atoms with Crippen LogP contribution in [-0.4, -0.2) is 12.0 Å². The molecule has 122 valence electrons. The third kappa shape index (κ3) is 2.87. The highest BCUT2D eigenvalue weighted by atomic mass is 19.2. The second-order valence-corrected chi connectivity index (χ2v) is 4.55. The topological polar surface area (TPSA) is 55.2 Å². The highest BCUT2D eigenvalue weighted by Crippen LogP contribution is 2.31. The molecule has 2 aromatic rings. The summed E-state index contributed by atoms with van der Waals surface area (Å²) in [7, 11) is 1.25. The van der Waals surface area contributed by atoms with E-state index in [1.807, 2.05) is 0 Å². The zero-order chi connectivity index (χ0) is 17.3. The second kappa shape index (κ2) is 6.29. The first-order chi connectivity index (χ1) is 10.8. The zero-order valence-corrected chi connectivity index (χ0v) is 11.5. The minimum Gasteiger partial charge on any atom is -0.309 e. The van der Waals surface area contributed by atoms with Crippen molar-refractivity contribution in [1.82, 2.24) is 5.32 Å². The van der Waals surface area contributed by atoms with Crippen LogP contribution in [0.5, 0.6) is 0 Å².